The fourth-order valence-electron chi connectivity index (χ4n) is 4.10. The Morgan fingerprint density at radius 3 is 2.77 bits per heavy atom. The molecule has 1 saturated carbocycles. The summed E-state index contributed by atoms with van der Waals surface area (Å²) < 4.78 is 0. The summed E-state index contributed by atoms with van der Waals surface area (Å²) in [6, 6.07) is 10.8. The van der Waals surface area contributed by atoms with Gasteiger partial charge in [-0.1, -0.05) is 32.0 Å². The highest BCUT2D eigenvalue weighted by molar-refractivity contribution is 5.81. The van der Waals surface area contributed by atoms with Gasteiger partial charge in [0.1, 0.15) is 0 Å². The van der Waals surface area contributed by atoms with E-state index in [1.54, 1.807) is 0 Å². The fraction of sp³-hybridized carbons (Fsp3) is 0.545. The monoisotopic (exact) mass is 351 g/mol. The van der Waals surface area contributed by atoms with Crippen molar-refractivity contribution in [2.45, 2.75) is 45.7 Å². The molecular weight excluding hydrogens is 322 g/mol. The van der Waals surface area contributed by atoms with Crippen molar-refractivity contribution in [3.05, 3.63) is 42.1 Å². The van der Waals surface area contributed by atoms with E-state index in [0.717, 1.165) is 37.6 Å². The lowest BCUT2D eigenvalue weighted by Crippen LogP contribution is -2.47. The van der Waals surface area contributed by atoms with Crippen LogP contribution in [0.2, 0.25) is 0 Å². The van der Waals surface area contributed by atoms with Crippen LogP contribution < -0.4 is 0 Å². The lowest BCUT2D eigenvalue weighted by molar-refractivity contribution is -0.133. The Hall–Kier alpha value is -1.94. The van der Waals surface area contributed by atoms with E-state index >= 15 is 0 Å². The summed E-state index contributed by atoms with van der Waals surface area (Å²) in [6.45, 7) is 8.17. The van der Waals surface area contributed by atoms with Crippen LogP contribution in [0, 0.1) is 11.8 Å². The van der Waals surface area contributed by atoms with Crippen LogP contribution in [0.3, 0.4) is 0 Å². The van der Waals surface area contributed by atoms with E-state index in [4.69, 9.17) is 0 Å². The molecule has 1 aliphatic carbocycles. The number of aromatic nitrogens is 1. The minimum absolute atomic E-state index is 0.318. The summed E-state index contributed by atoms with van der Waals surface area (Å²) in [7, 11) is 0. The summed E-state index contributed by atoms with van der Waals surface area (Å²) >= 11 is 0. The minimum atomic E-state index is 0.318. The van der Waals surface area contributed by atoms with Crippen molar-refractivity contribution in [1.82, 2.24) is 14.8 Å². The van der Waals surface area contributed by atoms with Gasteiger partial charge in [0, 0.05) is 50.2 Å². The van der Waals surface area contributed by atoms with Crippen molar-refractivity contribution in [3.63, 3.8) is 0 Å². The van der Waals surface area contributed by atoms with Crippen LogP contribution in [0.5, 0.6) is 0 Å². The van der Waals surface area contributed by atoms with Crippen LogP contribution in [0.15, 0.2) is 36.5 Å². The first-order chi connectivity index (χ1) is 12.6. The zero-order valence-electron chi connectivity index (χ0n) is 15.9. The Balaban J connectivity index is 1.55. The lowest BCUT2D eigenvalue weighted by atomic mass is 10.0. The number of fused-ring (bicyclic) bond motifs is 1. The van der Waals surface area contributed by atoms with E-state index in [-0.39, 0.29) is 0 Å². The van der Waals surface area contributed by atoms with E-state index in [0.29, 0.717) is 24.3 Å². The maximum absolute atomic E-state index is 12.8. The second kappa shape index (κ2) is 7.36. The molecule has 4 heteroatoms. The largest absolute Gasteiger partial charge is 0.338 e. The number of nitrogens with zero attached hydrogens (tertiary/aromatic N) is 3. The maximum Gasteiger partial charge on any atom is 0.224 e. The van der Waals surface area contributed by atoms with Crippen LogP contribution in [0.25, 0.3) is 10.9 Å². The molecule has 2 aliphatic rings. The molecule has 2 fully saturated rings. The highest BCUT2D eigenvalue weighted by Gasteiger charge is 2.35. The van der Waals surface area contributed by atoms with Crippen molar-refractivity contribution in [3.8, 4) is 0 Å². The molecule has 1 saturated heterocycles. The zero-order chi connectivity index (χ0) is 18.1. The van der Waals surface area contributed by atoms with Crippen LogP contribution in [-0.2, 0) is 11.3 Å². The second-order valence-corrected chi connectivity index (χ2v) is 8.27. The van der Waals surface area contributed by atoms with E-state index in [9.17, 15) is 4.79 Å². The molecule has 0 unspecified atom stereocenters. The standard InChI is InChI=1S/C22H29N3O/c1-16(2)21-15-24(12-10-22(26)25(21)13-17-7-8-17)14-18-9-11-23-20-6-4-3-5-19(18)20/h3-6,9,11,16-17,21H,7-8,10,12-15H2,1-2H3/t21-/m1/s1. The van der Waals surface area contributed by atoms with Gasteiger partial charge in [-0.2, -0.15) is 0 Å². The Labute approximate surface area is 156 Å². The van der Waals surface area contributed by atoms with Crippen molar-refractivity contribution >= 4 is 16.8 Å². The molecule has 0 radical (unpaired) electrons. The third-order valence-corrected chi connectivity index (χ3v) is 5.86. The SMILES string of the molecule is CC(C)[C@H]1CN(Cc2ccnc3ccccc23)CCC(=O)N1CC1CC1. The van der Waals surface area contributed by atoms with Gasteiger partial charge >= 0.3 is 0 Å². The summed E-state index contributed by atoms with van der Waals surface area (Å²) in [4.78, 5) is 21.9. The van der Waals surface area contributed by atoms with Gasteiger partial charge in [-0.3, -0.25) is 14.7 Å². The highest BCUT2D eigenvalue weighted by Crippen LogP contribution is 2.32. The Bertz CT molecular complexity index is 779. The average Bonchev–Trinajstić information content (AvgIpc) is 3.47. The molecule has 2 aromatic rings. The molecule has 4 nitrogen and oxygen atoms in total. The number of hydrogen-bond acceptors (Lipinski definition) is 3. The number of carbonyl (C=O) groups is 1. The quantitative estimate of drug-likeness (QED) is 0.824. The van der Waals surface area contributed by atoms with Crippen molar-refractivity contribution in [2.75, 3.05) is 19.6 Å². The normalized spacial score (nSPS) is 22.2. The van der Waals surface area contributed by atoms with Gasteiger partial charge in [0.25, 0.3) is 0 Å². The van der Waals surface area contributed by atoms with E-state index in [1.807, 2.05) is 12.3 Å². The summed E-state index contributed by atoms with van der Waals surface area (Å²) in [6.07, 6.45) is 5.13. The number of pyridine rings is 1. The van der Waals surface area contributed by atoms with E-state index in [1.165, 1.54) is 23.8 Å². The molecule has 1 amide bonds. The van der Waals surface area contributed by atoms with Crippen LogP contribution in [-0.4, -0.2) is 46.4 Å². The molecule has 2 heterocycles. The van der Waals surface area contributed by atoms with Crippen LogP contribution >= 0.6 is 0 Å². The zero-order valence-corrected chi connectivity index (χ0v) is 15.9. The van der Waals surface area contributed by atoms with Gasteiger partial charge in [0.15, 0.2) is 0 Å². The summed E-state index contributed by atoms with van der Waals surface area (Å²) in [5.74, 6) is 1.57. The number of para-hydroxylation sites is 1. The molecule has 1 aliphatic heterocycles. The van der Waals surface area contributed by atoms with Gasteiger partial charge in [0.2, 0.25) is 5.91 Å². The Kier molecular flexibility index (Phi) is 4.94. The molecule has 1 atom stereocenters. The molecule has 4 rings (SSSR count). The van der Waals surface area contributed by atoms with E-state index < -0.39 is 0 Å². The number of carbonyl (C=O) groups excluding carboxylic acids is 1. The fourth-order valence-corrected chi connectivity index (χ4v) is 4.10. The second-order valence-electron chi connectivity index (χ2n) is 8.27. The van der Waals surface area contributed by atoms with E-state index in [2.05, 4.69) is 52.9 Å². The predicted octanol–water partition coefficient (Wildman–Crippen LogP) is 3.70. The predicted molar refractivity (Wildman–Crippen MR) is 105 cm³/mol. The van der Waals surface area contributed by atoms with Gasteiger partial charge in [-0.25, -0.2) is 0 Å². The molecule has 0 bridgehead atoms. The first kappa shape index (κ1) is 17.5. The van der Waals surface area contributed by atoms with Gasteiger partial charge in [-0.15, -0.1) is 0 Å². The average molecular weight is 351 g/mol. The van der Waals surface area contributed by atoms with Crippen LogP contribution in [0.1, 0.15) is 38.7 Å². The highest BCUT2D eigenvalue weighted by atomic mass is 16.2. The maximum atomic E-state index is 12.8. The molecule has 0 N–H and O–H groups in total. The summed E-state index contributed by atoms with van der Waals surface area (Å²) in [5.41, 5.74) is 2.35. The van der Waals surface area contributed by atoms with Gasteiger partial charge in [0.05, 0.1) is 5.52 Å². The molecule has 1 aromatic carbocycles. The minimum Gasteiger partial charge on any atom is -0.338 e. The first-order valence-corrected chi connectivity index (χ1v) is 9.96. The van der Waals surface area contributed by atoms with Gasteiger partial charge in [-0.05, 0) is 42.4 Å². The van der Waals surface area contributed by atoms with Crippen molar-refractivity contribution in [1.29, 1.82) is 0 Å². The number of amides is 1. The third-order valence-electron chi connectivity index (χ3n) is 5.86. The first-order valence-electron chi connectivity index (χ1n) is 9.96. The Morgan fingerprint density at radius 2 is 2.00 bits per heavy atom. The van der Waals surface area contributed by atoms with Crippen molar-refractivity contribution < 1.29 is 4.79 Å². The topological polar surface area (TPSA) is 36.4 Å². The van der Waals surface area contributed by atoms with Crippen LogP contribution in [0.4, 0.5) is 0 Å². The molecule has 138 valence electrons. The lowest BCUT2D eigenvalue weighted by Gasteiger charge is -2.35. The third kappa shape index (κ3) is 3.75. The number of benzene rings is 1. The smallest absolute Gasteiger partial charge is 0.224 e. The number of rotatable bonds is 5. The molecule has 1 aromatic heterocycles. The Morgan fingerprint density at radius 1 is 1.19 bits per heavy atom. The van der Waals surface area contributed by atoms with Gasteiger partial charge < -0.3 is 4.90 Å². The molecule has 0 spiro atoms. The molecule has 26 heavy (non-hydrogen) atoms. The van der Waals surface area contributed by atoms with Crippen molar-refractivity contribution in [2.24, 2.45) is 11.8 Å². The molecular formula is C22H29N3O. The summed E-state index contributed by atoms with van der Waals surface area (Å²) in [5, 5.41) is 1.22. The number of hydrogen-bond donors (Lipinski definition) is 0.